The first-order valence-electron chi connectivity index (χ1n) is 6.93. The first-order chi connectivity index (χ1) is 9.31. The van der Waals surface area contributed by atoms with Gasteiger partial charge in [0, 0.05) is 17.8 Å². The van der Waals surface area contributed by atoms with Gasteiger partial charge in [0.2, 0.25) is 0 Å². The summed E-state index contributed by atoms with van der Waals surface area (Å²) in [5.74, 6) is 0.402. The van der Waals surface area contributed by atoms with Gasteiger partial charge < -0.3 is 10.0 Å². The minimum absolute atomic E-state index is 0.254. The van der Waals surface area contributed by atoms with Crippen molar-refractivity contribution in [3.05, 3.63) is 59.7 Å². The highest BCUT2D eigenvalue weighted by molar-refractivity contribution is 5.60. The van der Waals surface area contributed by atoms with Crippen molar-refractivity contribution in [2.75, 3.05) is 11.4 Å². The fourth-order valence-corrected chi connectivity index (χ4v) is 3.07. The number of fused-ring (bicyclic) bond motifs is 1. The van der Waals surface area contributed by atoms with Crippen molar-refractivity contribution in [1.82, 2.24) is 0 Å². The maximum absolute atomic E-state index is 10.1. The van der Waals surface area contributed by atoms with Crippen molar-refractivity contribution in [3.8, 4) is 5.75 Å². The van der Waals surface area contributed by atoms with Crippen molar-refractivity contribution >= 4 is 5.69 Å². The number of aromatic hydroxyl groups is 1. The van der Waals surface area contributed by atoms with Crippen molar-refractivity contribution in [2.45, 2.75) is 25.8 Å². The number of phenols is 1. The number of anilines is 1. The highest BCUT2D eigenvalue weighted by Gasteiger charge is 2.27. The van der Waals surface area contributed by atoms with Gasteiger partial charge in [-0.1, -0.05) is 43.3 Å². The zero-order valence-corrected chi connectivity index (χ0v) is 11.2. The van der Waals surface area contributed by atoms with Crippen LogP contribution in [0, 0.1) is 0 Å². The summed E-state index contributed by atoms with van der Waals surface area (Å²) in [5, 5.41) is 10.1. The molecule has 19 heavy (non-hydrogen) atoms. The van der Waals surface area contributed by atoms with Crippen LogP contribution in [0.3, 0.4) is 0 Å². The Bertz CT molecular complexity index is 579. The lowest BCUT2D eigenvalue weighted by Crippen LogP contribution is -2.26. The number of nitrogens with zero attached hydrogens (tertiary/aromatic N) is 1. The van der Waals surface area contributed by atoms with Crippen molar-refractivity contribution in [3.63, 3.8) is 0 Å². The second-order valence-electron chi connectivity index (χ2n) is 5.05. The van der Waals surface area contributed by atoms with E-state index in [0.29, 0.717) is 5.75 Å². The monoisotopic (exact) mass is 253 g/mol. The predicted octanol–water partition coefficient (Wildman–Crippen LogP) is 3.91. The molecule has 1 N–H and O–H groups in total. The second-order valence-corrected chi connectivity index (χ2v) is 5.05. The van der Waals surface area contributed by atoms with E-state index in [-0.39, 0.29) is 6.04 Å². The Morgan fingerprint density at radius 1 is 1.11 bits per heavy atom. The molecule has 2 aromatic carbocycles. The van der Waals surface area contributed by atoms with Gasteiger partial charge in [-0.05, 0) is 30.5 Å². The fraction of sp³-hybridized carbons (Fsp3) is 0.294. The number of hydrogen-bond donors (Lipinski definition) is 1. The molecule has 0 spiro atoms. The van der Waals surface area contributed by atoms with E-state index in [9.17, 15) is 5.11 Å². The molecule has 0 aliphatic carbocycles. The third-order valence-electron chi connectivity index (χ3n) is 3.98. The van der Waals surface area contributed by atoms with Crippen LogP contribution >= 0.6 is 0 Å². The molecule has 2 aromatic rings. The van der Waals surface area contributed by atoms with Crippen LogP contribution in [-0.4, -0.2) is 11.7 Å². The second kappa shape index (κ2) is 4.96. The van der Waals surface area contributed by atoms with Gasteiger partial charge in [-0.25, -0.2) is 0 Å². The number of benzene rings is 2. The summed E-state index contributed by atoms with van der Waals surface area (Å²) in [6.07, 6.45) is 2.09. The molecule has 3 rings (SSSR count). The Morgan fingerprint density at radius 2 is 1.84 bits per heavy atom. The molecule has 0 amide bonds. The Balaban J connectivity index is 1.99. The maximum Gasteiger partial charge on any atom is 0.120 e. The zero-order valence-electron chi connectivity index (χ0n) is 11.2. The average molecular weight is 253 g/mol. The van der Waals surface area contributed by atoms with Crippen LogP contribution in [-0.2, 0) is 6.42 Å². The zero-order chi connectivity index (χ0) is 13.2. The Kier molecular flexibility index (Phi) is 3.16. The molecule has 1 heterocycles. The lowest BCUT2D eigenvalue weighted by Gasteiger charge is -2.30. The third kappa shape index (κ3) is 2.07. The molecule has 0 radical (unpaired) electrons. The molecule has 0 saturated heterocycles. The van der Waals surface area contributed by atoms with E-state index in [1.807, 2.05) is 18.2 Å². The molecule has 98 valence electrons. The SMILES string of the molecule is CCC(c1ccccc1O)N1CCc2ccccc21. The normalized spacial score (nSPS) is 15.3. The van der Waals surface area contributed by atoms with Crippen molar-refractivity contribution in [2.24, 2.45) is 0 Å². The number of para-hydroxylation sites is 2. The van der Waals surface area contributed by atoms with Crippen LogP contribution in [0.4, 0.5) is 5.69 Å². The molecular weight excluding hydrogens is 234 g/mol. The van der Waals surface area contributed by atoms with Gasteiger partial charge in [-0.2, -0.15) is 0 Å². The van der Waals surface area contributed by atoms with Gasteiger partial charge >= 0.3 is 0 Å². The molecule has 2 heteroatoms. The molecule has 2 nitrogen and oxygen atoms in total. The Hall–Kier alpha value is -1.96. The number of rotatable bonds is 3. The van der Waals surface area contributed by atoms with Crippen LogP contribution in [0.1, 0.15) is 30.5 Å². The number of phenolic OH excluding ortho intramolecular Hbond substituents is 1. The molecule has 0 fully saturated rings. The summed E-state index contributed by atoms with van der Waals surface area (Å²) in [6, 6.07) is 16.5. The molecule has 1 aliphatic heterocycles. The van der Waals surface area contributed by atoms with Gasteiger partial charge in [0.05, 0.1) is 6.04 Å². The molecule has 1 atom stereocenters. The van der Waals surface area contributed by atoms with Crippen LogP contribution in [0.25, 0.3) is 0 Å². The van der Waals surface area contributed by atoms with Gasteiger partial charge in [0.25, 0.3) is 0 Å². The lowest BCUT2D eigenvalue weighted by molar-refractivity contribution is 0.456. The van der Waals surface area contributed by atoms with E-state index in [4.69, 9.17) is 0 Å². The third-order valence-corrected chi connectivity index (χ3v) is 3.98. The van der Waals surface area contributed by atoms with Gasteiger partial charge in [-0.3, -0.25) is 0 Å². The Labute approximate surface area is 114 Å². The lowest BCUT2D eigenvalue weighted by atomic mass is 10.0. The topological polar surface area (TPSA) is 23.5 Å². The number of hydrogen-bond acceptors (Lipinski definition) is 2. The first-order valence-corrected chi connectivity index (χ1v) is 6.93. The predicted molar refractivity (Wildman–Crippen MR) is 78.6 cm³/mol. The maximum atomic E-state index is 10.1. The van der Waals surface area contributed by atoms with Crippen LogP contribution in [0.5, 0.6) is 5.75 Å². The summed E-state index contributed by atoms with van der Waals surface area (Å²) >= 11 is 0. The largest absolute Gasteiger partial charge is 0.508 e. The summed E-state index contributed by atoms with van der Waals surface area (Å²) in [4.78, 5) is 2.42. The molecule has 0 aromatic heterocycles. The highest BCUT2D eigenvalue weighted by atomic mass is 16.3. The van der Waals surface area contributed by atoms with E-state index in [1.54, 1.807) is 6.07 Å². The average Bonchev–Trinajstić information content (AvgIpc) is 2.86. The fourth-order valence-electron chi connectivity index (χ4n) is 3.07. The minimum atomic E-state index is 0.254. The van der Waals surface area contributed by atoms with Gasteiger partial charge in [0.1, 0.15) is 5.75 Å². The van der Waals surface area contributed by atoms with Crippen LogP contribution < -0.4 is 4.90 Å². The quantitative estimate of drug-likeness (QED) is 0.896. The summed E-state index contributed by atoms with van der Waals surface area (Å²) in [7, 11) is 0. The summed E-state index contributed by atoms with van der Waals surface area (Å²) in [5.41, 5.74) is 3.76. The van der Waals surface area contributed by atoms with E-state index in [0.717, 1.165) is 24.9 Å². The molecule has 0 bridgehead atoms. The first kappa shape index (κ1) is 12.1. The smallest absolute Gasteiger partial charge is 0.120 e. The molecular formula is C17H19NO. The molecule has 1 aliphatic rings. The van der Waals surface area contributed by atoms with Crippen LogP contribution in [0.15, 0.2) is 48.5 Å². The summed E-state index contributed by atoms with van der Waals surface area (Å²) < 4.78 is 0. The van der Waals surface area contributed by atoms with Crippen molar-refractivity contribution < 1.29 is 5.11 Å². The van der Waals surface area contributed by atoms with E-state index < -0.39 is 0 Å². The highest BCUT2D eigenvalue weighted by Crippen LogP contribution is 2.38. The Morgan fingerprint density at radius 3 is 2.63 bits per heavy atom. The van der Waals surface area contributed by atoms with Crippen LogP contribution in [0.2, 0.25) is 0 Å². The van der Waals surface area contributed by atoms with E-state index in [1.165, 1.54) is 11.3 Å². The van der Waals surface area contributed by atoms with E-state index in [2.05, 4.69) is 36.1 Å². The molecule has 1 unspecified atom stereocenters. The molecule has 0 saturated carbocycles. The van der Waals surface area contributed by atoms with Gasteiger partial charge in [0.15, 0.2) is 0 Å². The minimum Gasteiger partial charge on any atom is -0.508 e. The summed E-state index contributed by atoms with van der Waals surface area (Å²) in [6.45, 7) is 3.21. The van der Waals surface area contributed by atoms with Crippen molar-refractivity contribution in [1.29, 1.82) is 0 Å². The van der Waals surface area contributed by atoms with Gasteiger partial charge in [-0.15, -0.1) is 0 Å². The standard InChI is InChI=1S/C17H19NO/c1-2-15(14-8-4-6-10-17(14)19)18-12-11-13-7-3-5-9-16(13)18/h3-10,15,19H,2,11-12H2,1H3. The van der Waals surface area contributed by atoms with E-state index >= 15 is 0 Å².